The largest absolute Gasteiger partial charge is 0.462 e. The minimum Gasteiger partial charge on any atom is -0.462 e. The van der Waals surface area contributed by atoms with Crippen LogP contribution in [0.3, 0.4) is 0 Å². The summed E-state index contributed by atoms with van der Waals surface area (Å²) in [6.07, 6.45) is 0. The summed E-state index contributed by atoms with van der Waals surface area (Å²) in [4.78, 5) is 13.4. The molecule has 0 unspecified atom stereocenters. The lowest BCUT2D eigenvalue weighted by Gasteiger charge is -2.15. The second-order valence-corrected chi connectivity index (χ2v) is 3.13. The molecular weight excluding hydrogens is 206 g/mol. The molecule has 0 aliphatic heterocycles. The highest BCUT2D eigenvalue weighted by Crippen LogP contribution is 2.18. The first-order valence-corrected chi connectivity index (χ1v) is 4.93. The van der Waals surface area contributed by atoms with E-state index in [9.17, 15) is 4.79 Å². The van der Waals surface area contributed by atoms with Crippen molar-refractivity contribution < 1.29 is 9.53 Å². The van der Waals surface area contributed by atoms with Gasteiger partial charge in [0.1, 0.15) is 0 Å². The lowest BCUT2D eigenvalue weighted by molar-refractivity contribution is 0.0527. The van der Waals surface area contributed by atoms with Crippen LogP contribution < -0.4 is 16.6 Å². The maximum absolute atomic E-state index is 11.5. The molecule has 0 aromatic heterocycles. The van der Waals surface area contributed by atoms with E-state index in [0.29, 0.717) is 12.2 Å². The number of hydrogen-bond acceptors (Lipinski definition) is 5. The number of ether oxygens (including phenoxy) is 1. The van der Waals surface area contributed by atoms with Crippen molar-refractivity contribution in [3.8, 4) is 0 Å². The summed E-state index contributed by atoms with van der Waals surface area (Å²) in [5, 5.41) is 0. The average molecular weight is 225 g/mol. The van der Waals surface area contributed by atoms with E-state index in [1.165, 1.54) is 0 Å². The van der Waals surface area contributed by atoms with Gasteiger partial charge in [0.2, 0.25) is 0 Å². The van der Waals surface area contributed by atoms with Gasteiger partial charge in [-0.25, -0.2) is 4.79 Å². The number of carbonyl (C=O) groups excluding carboxylic acids is 1. The number of para-hydroxylation sites is 1. The summed E-state index contributed by atoms with van der Waals surface area (Å²) in [6.45, 7) is 2.21. The molecule has 1 rings (SSSR count). The molecule has 90 valence electrons. The fourth-order valence-corrected chi connectivity index (χ4v) is 1.25. The number of esters is 1. The highest BCUT2D eigenvalue weighted by molar-refractivity contribution is 5.95. The minimum atomic E-state index is -0.267. The van der Waals surface area contributed by atoms with Crippen LogP contribution in [0, 0.1) is 0 Å². The molecule has 0 spiro atoms. The minimum absolute atomic E-state index is 0.267. The van der Waals surface area contributed by atoms with Crippen molar-refractivity contribution in [2.75, 3.05) is 25.6 Å². The molecule has 0 aliphatic rings. The molecule has 1 aromatic rings. The molecule has 0 bridgehead atoms. The number of carbonyl (C=O) groups is 1. The Bertz CT molecular complexity index is 327. The first-order chi connectivity index (χ1) is 7.66. The maximum Gasteiger partial charge on any atom is 0.340 e. The van der Waals surface area contributed by atoms with Crippen LogP contribution in [-0.4, -0.2) is 26.7 Å². The Hall–Kier alpha value is -1.59. The fraction of sp³-hybridized carbons (Fsp3) is 0.364. The predicted molar refractivity (Wildman–Crippen MR) is 65.1 cm³/mol. The zero-order valence-electron chi connectivity index (χ0n) is 9.93. The monoisotopic (exact) mass is 225 g/mol. The van der Waals surface area contributed by atoms with Gasteiger partial charge in [0.15, 0.2) is 0 Å². The van der Waals surface area contributed by atoms with Crippen molar-refractivity contribution in [3.63, 3.8) is 0 Å². The molecule has 0 saturated heterocycles. The Morgan fingerprint density at radius 1 is 1.31 bits per heavy atom. The maximum atomic E-state index is 11.5. The van der Waals surface area contributed by atoms with Crippen LogP contribution in [-0.2, 0) is 4.74 Å². The van der Waals surface area contributed by atoms with E-state index in [4.69, 9.17) is 4.74 Å². The van der Waals surface area contributed by atoms with Crippen molar-refractivity contribution in [2.45, 2.75) is 6.92 Å². The molecule has 0 heterocycles. The second-order valence-electron chi connectivity index (χ2n) is 3.13. The molecule has 1 aromatic carbocycles. The third kappa shape index (κ3) is 3.88. The van der Waals surface area contributed by atoms with Crippen molar-refractivity contribution in [2.24, 2.45) is 11.7 Å². The third-order valence-electron chi connectivity index (χ3n) is 1.88. The molecule has 4 N–H and O–H groups in total. The molecule has 0 radical (unpaired) electrons. The zero-order chi connectivity index (χ0) is 12.6. The van der Waals surface area contributed by atoms with Gasteiger partial charge in [-0.1, -0.05) is 12.1 Å². The summed E-state index contributed by atoms with van der Waals surface area (Å²) in [7, 11) is 3.80. The van der Waals surface area contributed by atoms with Crippen LogP contribution in [0.15, 0.2) is 24.3 Å². The highest BCUT2D eigenvalue weighted by Gasteiger charge is 2.12. The van der Waals surface area contributed by atoms with Crippen LogP contribution in [0.1, 0.15) is 17.3 Å². The molecule has 5 nitrogen and oxygen atoms in total. The lowest BCUT2D eigenvalue weighted by atomic mass is 10.1. The smallest absolute Gasteiger partial charge is 0.340 e. The topological polar surface area (TPSA) is 81.6 Å². The van der Waals surface area contributed by atoms with Gasteiger partial charge >= 0.3 is 5.97 Å². The molecule has 0 amide bonds. The number of anilines is 1. The number of rotatable bonds is 3. The molecule has 0 aliphatic carbocycles. The Morgan fingerprint density at radius 3 is 2.38 bits per heavy atom. The zero-order valence-corrected chi connectivity index (χ0v) is 9.93. The molecule has 0 saturated carbocycles. The molecule has 5 heteroatoms. The molecule has 0 fully saturated rings. The standard InChI is InChI=1S/C11H15NO2.H4N2/c1-4-14-11(13)9-7-5-6-8-10(9)12(2)3;1-2/h5-8H,4H2,1-3H3;1-2H2. The summed E-state index contributed by atoms with van der Waals surface area (Å²) in [5.74, 6) is 7.73. The Kier molecular flexibility index (Phi) is 6.91. The van der Waals surface area contributed by atoms with E-state index < -0.39 is 0 Å². The highest BCUT2D eigenvalue weighted by atomic mass is 16.5. The van der Waals surface area contributed by atoms with Crippen molar-refractivity contribution in [1.82, 2.24) is 0 Å². The van der Waals surface area contributed by atoms with Gasteiger partial charge in [-0.2, -0.15) is 0 Å². The van der Waals surface area contributed by atoms with Crippen molar-refractivity contribution >= 4 is 11.7 Å². The van der Waals surface area contributed by atoms with Gasteiger partial charge in [0.05, 0.1) is 17.9 Å². The summed E-state index contributed by atoms with van der Waals surface area (Å²) in [5.41, 5.74) is 1.49. The van der Waals surface area contributed by atoms with E-state index >= 15 is 0 Å². The normalized spacial score (nSPS) is 8.81. The summed E-state index contributed by atoms with van der Waals surface area (Å²) in [6, 6.07) is 7.40. The quantitative estimate of drug-likeness (QED) is 0.450. The number of hydrogen-bond donors (Lipinski definition) is 2. The average Bonchev–Trinajstić information content (AvgIpc) is 2.32. The van der Waals surface area contributed by atoms with Crippen LogP contribution >= 0.6 is 0 Å². The Labute approximate surface area is 95.9 Å². The van der Waals surface area contributed by atoms with Crippen molar-refractivity contribution in [3.05, 3.63) is 29.8 Å². The van der Waals surface area contributed by atoms with Gasteiger partial charge in [-0.3, -0.25) is 11.7 Å². The number of hydrazine groups is 1. The number of nitrogens with two attached hydrogens (primary N) is 2. The summed E-state index contributed by atoms with van der Waals surface area (Å²) >= 11 is 0. The van der Waals surface area contributed by atoms with Gasteiger partial charge in [0.25, 0.3) is 0 Å². The van der Waals surface area contributed by atoms with E-state index in [2.05, 4.69) is 11.7 Å². The fourth-order valence-electron chi connectivity index (χ4n) is 1.25. The Balaban J connectivity index is 0.00000106. The van der Waals surface area contributed by atoms with Crippen molar-refractivity contribution in [1.29, 1.82) is 0 Å². The SMILES string of the molecule is CCOC(=O)c1ccccc1N(C)C.NN. The second kappa shape index (κ2) is 7.67. The molecule has 16 heavy (non-hydrogen) atoms. The molecular formula is C11H19N3O2. The lowest BCUT2D eigenvalue weighted by Crippen LogP contribution is -2.15. The van der Waals surface area contributed by atoms with Crippen LogP contribution in [0.5, 0.6) is 0 Å². The predicted octanol–water partition coefficient (Wildman–Crippen LogP) is 0.748. The van der Waals surface area contributed by atoms with Crippen LogP contribution in [0.4, 0.5) is 5.69 Å². The van der Waals surface area contributed by atoms with Gasteiger partial charge < -0.3 is 9.64 Å². The number of benzene rings is 1. The first kappa shape index (κ1) is 14.4. The van der Waals surface area contributed by atoms with Crippen LogP contribution in [0.25, 0.3) is 0 Å². The van der Waals surface area contributed by atoms with E-state index in [1.54, 1.807) is 13.0 Å². The van der Waals surface area contributed by atoms with Gasteiger partial charge in [0, 0.05) is 14.1 Å². The first-order valence-electron chi connectivity index (χ1n) is 4.93. The summed E-state index contributed by atoms with van der Waals surface area (Å²) < 4.78 is 4.95. The third-order valence-corrected chi connectivity index (χ3v) is 1.88. The van der Waals surface area contributed by atoms with Gasteiger partial charge in [-0.05, 0) is 19.1 Å². The van der Waals surface area contributed by atoms with Crippen LogP contribution in [0.2, 0.25) is 0 Å². The molecule has 0 atom stereocenters. The van der Waals surface area contributed by atoms with E-state index in [1.807, 2.05) is 37.2 Å². The van der Waals surface area contributed by atoms with E-state index in [-0.39, 0.29) is 5.97 Å². The van der Waals surface area contributed by atoms with E-state index in [0.717, 1.165) is 5.69 Å². The van der Waals surface area contributed by atoms with Gasteiger partial charge in [-0.15, -0.1) is 0 Å². The number of nitrogens with zero attached hydrogens (tertiary/aromatic N) is 1. The Morgan fingerprint density at radius 2 is 1.88 bits per heavy atom.